The highest BCUT2D eigenvalue weighted by Gasteiger charge is 2.47. The molecule has 0 N–H and O–H groups in total. The highest BCUT2D eigenvalue weighted by molar-refractivity contribution is 6.05. The van der Waals surface area contributed by atoms with Gasteiger partial charge in [-0.05, 0) is 33.3 Å². The summed E-state index contributed by atoms with van der Waals surface area (Å²) in [6.07, 6.45) is 3.05. The third kappa shape index (κ3) is 3.93. The number of hydrogen-bond donors (Lipinski definition) is 0. The number of ether oxygens (including phenoxy) is 2. The number of esters is 2. The van der Waals surface area contributed by atoms with E-state index >= 15 is 0 Å². The third-order valence-corrected chi connectivity index (χ3v) is 3.27. The summed E-state index contributed by atoms with van der Waals surface area (Å²) in [4.78, 5) is 49.1. The maximum absolute atomic E-state index is 12.1. The van der Waals surface area contributed by atoms with Crippen molar-refractivity contribution >= 4 is 23.8 Å². The predicted octanol–water partition coefficient (Wildman–Crippen LogP) is 0.823. The van der Waals surface area contributed by atoms with Gasteiger partial charge in [0.1, 0.15) is 0 Å². The monoisotopic (exact) mass is 311 g/mol. The van der Waals surface area contributed by atoms with Crippen molar-refractivity contribution in [3.63, 3.8) is 0 Å². The molecule has 1 saturated heterocycles. The molecule has 1 fully saturated rings. The summed E-state index contributed by atoms with van der Waals surface area (Å²) in [6.45, 7) is 5.06. The fourth-order valence-corrected chi connectivity index (χ4v) is 2.41. The van der Waals surface area contributed by atoms with Crippen molar-refractivity contribution in [1.82, 2.24) is 4.90 Å². The number of likely N-dealkylation sites (tertiary alicyclic amines) is 1. The molecule has 0 saturated carbocycles. The van der Waals surface area contributed by atoms with Crippen LogP contribution >= 0.6 is 0 Å². The lowest BCUT2D eigenvalue weighted by Gasteiger charge is -2.27. The zero-order valence-corrected chi connectivity index (χ0v) is 13.0. The molecule has 0 radical (unpaired) electrons. The van der Waals surface area contributed by atoms with E-state index in [4.69, 9.17) is 9.47 Å². The Morgan fingerprint density at radius 2 is 1.77 bits per heavy atom. The van der Waals surface area contributed by atoms with Gasteiger partial charge < -0.3 is 9.47 Å². The fourth-order valence-electron chi connectivity index (χ4n) is 2.41. The highest BCUT2D eigenvalue weighted by Crippen LogP contribution is 2.27. The molecule has 1 atom stereocenters. The molecule has 7 nitrogen and oxygen atoms in total. The van der Waals surface area contributed by atoms with E-state index in [9.17, 15) is 19.2 Å². The van der Waals surface area contributed by atoms with E-state index in [1.54, 1.807) is 20.8 Å². The molecular weight excluding hydrogens is 290 g/mol. The molecule has 0 bridgehead atoms. The molecule has 2 amide bonds. The first-order valence-electron chi connectivity index (χ1n) is 7.29. The predicted molar refractivity (Wildman–Crippen MR) is 76.4 cm³/mol. The van der Waals surface area contributed by atoms with Crippen molar-refractivity contribution in [3.8, 4) is 0 Å². The number of imide groups is 1. The van der Waals surface area contributed by atoms with Gasteiger partial charge in [0.15, 0.2) is 5.92 Å². The van der Waals surface area contributed by atoms with E-state index in [0.717, 1.165) is 4.90 Å². The standard InChI is InChI=1S/C15H21NO6/c1-4-7-11(17)16-10(8-9-12(16)18)13(14(19)21-5-2)15(20)22-6-3/h4,7,10,13H,5-6,8-9H2,1-3H3/b7-4+. The van der Waals surface area contributed by atoms with Crippen LogP contribution in [-0.4, -0.2) is 47.9 Å². The lowest BCUT2D eigenvalue weighted by molar-refractivity contribution is -0.165. The highest BCUT2D eigenvalue weighted by atomic mass is 16.6. The van der Waals surface area contributed by atoms with E-state index < -0.39 is 35.7 Å². The van der Waals surface area contributed by atoms with Gasteiger partial charge in [-0.15, -0.1) is 0 Å². The van der Waals surface area contributed by atoms with Crippen LogP contribution in [0.25, 0.3) is 0 Å². The van der Waals surface area contributed by atoms with Gasteiger partial charge in [0, 0.05) is 6.42 Å². The van der Waals surface area contributed by atoms with Crippen molar-refractivity contribution in [3.05, 3.63) is 12.2 Å². The van der Waals surface area contributed by atoms with Crippen LogP contribution in [0.15, 0.2) is 12.2 Å². The fraction of sp³-hybridized carbons (Fsp3) is 0.600. The molecular formula is C15H21NO6. The third-order valence-electron chi connectivity index (χ3n) is 3.27. The lowest BCUT2D eigenvalue weighted by Crippen LogP contribution is -2.48. The Hall–Kier alpha value is -2.18. The summed E-state index contributed by atoms with van der Waals surface area (Å²) < 4.78 is 9.80. The molecule has 1 aliphatic rings. The summed E-state index contributed by atoms with van der Waals surface area (Å²) >= 11 is 0. The molecule has 22 heavy (non-hydrogen) atoms. The summed E-state index contributed by atoms with van der Waals surface area (Å²) in [5.41, 5.74) is 0. The van der Waals surface area contributed by atoms with Crippen LogP contribution in [0.2, 0.25) is 0 Å². The van der Waals surface area contributed by atoms with Crippen molar-refractivity contribution in [2.45, 2.75) is 39.7 Å². The summed E-state index contributed by atoms with van der Waals surface area (Å²) in [7, 11) is 0. The number of allylic oxidation sites excluding steroid dienone is 1. The molecule has 0 spiro atoms. The Kier molecular flexibility index (Phi) is 6.75. The summed E-state index contributed by atoms with van der Waals surface area (Å²) in [5.74, 6) is -3.82. The minimum atomic E-state index is -1.31. The Morgan fingerprint density at radius 3 is 2.23 bits per heavy atom. The van der Waals surface area contributed by atoms with E-state index in [1.807, 2.05) is 0 Å². The topological polar surface area (TPSA) is 90.0 Å². The van der Waals surface area contributed by atoms with Gasteiger partial charge in [-0.1, -0.05) is 6.08 Å². The average Bonchev–Trinajstić information content (AvgIpc) is 2.81. The Balaban J connectivity index is 3.10. The summed E-state index contributed by atoms with van der Waals surface area (Å²) in [5, 5.41) is 0. The van der Waals surface area contributed by atoms with Gasteiger partial charge >= 0.3 is 11.9 Å². The molecule has 1 rings (SSSR count). The van der Waals surface area contributed by atoms with Crippen LogP contribution in [0.4, 0.5) is 0 Å². The second-order valence-corrected chi connectivity index (χ2v) is 4.69. The van der Waals surface area contributed by atoms with Crippen molar-refractivity contribution in [2.24, 2.45) is 5.92 Å². The van der Waals surface area contributed by atoms with Crippen LogP contribution in [-0.2, 0) is 28.7 Å². The molecule has 0 aromatic heterocycles. The number of carbonyl (C=O) groups excluding carboxylic acids is 4. The molecule has 1 unspecified atom stereocenters. The van der Waals surface area contributed by atoms with Crippen molar-refractivity contribution in [2.75, 3.05) is 13.2 Å². The zero-order valence-electron chi connectivity index (χ0n) is 13.0. The van der Waals surface area contributed by atoms with E-state index in [2.05, 4.69) is 0 Å². The zero-order chi connectivity index (χ0) is 16.7. The van der Waals surface area contributed by atoms with E-state index in [1.165, 1.54) is 12.2 Å². The van der Waals surface area contributed by atoms with E-state index in [0.29, 0.717) is 0 Å². The maximum atomic E-state index is 12.1. The van der Waals surface area contributed by atoms with E-state index in [-0.39, 0.29) is 26.1 Å². The number of rotatable bonds is 6. The molecule has 0 aliphatic carbocycles. The second kappa shape index (κ2) is 8.31. The first kappa shape index (κ1) is 17.9. The Labute approximate surface area is 129 Å². The average molecular weight is 311 g/mol. The van der Waals surface area contributed by atoms with Crippen LogP contribution < -0.4 is 0 Å². The van der Waals surface area contributed by atoms with Gasteiger partial charge in [-0.2, -0.15) is 0 Å². The van der Waals surface area contributed by atoms with Crippen LogP contribution in [0, 0.1) is 5.92 Å². The first-order valence-corrected chi connectivity index (χ1v) is 7.29. The molecule has 0 aromatic rings. The Morgan fingerprint density at radius 1 is 1.23 bits per heavy atom. The second-order valence-electron chi connectivity index (χ2n) is 4.69. The molecule has 1 heterocycles. The van der Waals surface area contributed by atoms with Gasteiger partial charge in [0.2, 0.25) is 5.91 Å². The number of hydrogen-bond acceptors (Lipinski definition) is 6. The van der Waals surface area contributed by atoms with Gasteiger partial charge in [0.05, 0.1) is 19.3 Å². The smallest absolute Gasteiger partial charge is 0.322 e. The molecule has 1 aliphatic heterocycles. The quantitative estimate of drug-likeness (QED) is 0.410. The number of amides is 2. The first-order chi connectivity index (χ1) is 10.5. The lowest BCUT2D eigenvalue weighted by atomic mass is 9.97. The van der Waals surface area contributed by atoms with Crippen LogP contribution in [0.3, 0.4) is 0 Å². The molecule has 7 heteroatoms. The summed E-state index contributed by atoms with van der Waals surface area (Å²) in [6, 6.07) is -0.866. The minimum Gasteiger partial charge on any atom is -0.465 e. The SMILES string of the molecule is C/C=C/C(=O)N1C(=O)CCC1C(C(=O)OCC)C(=O)OCC. The molecule has 122 valence electrons. The van der Waals surface area contributed by atoms with Gasteiger partial charge in [-0.3, -0.25) is 24.1 Å². The van der Waals surface area contributed by atoms with Crippen LogP contribution in [0.1, 0.15) is 33.6 Å². The maximum Gasteiger partial charge on any atom is 0.322 e. The largest absolute Gasteiger partial charge is 0.465 e. The molecule has 0 aromatic carbocycles. The Bertz CT molecular complexity index is 466. The van der Waals surface area contributed by atoms with Gasteiger partial charge in [0.25, 0.3) is 5.91 Å². The minimum absolute atomic E-state index is 0.0955. The van der Waals surface area contributed by atoms with Crippen molar-refractivity contribution < 1.29 is 28.7 Å². The van der Waals surface area contributed by atoms with Gasteiger partial charge in [-0.25, -0.2) is 0 Å². The van der Waals surface area contributed by atoms with Crippen LogP contribution in [0.5, 0.6) is 0 Å². The number of carbonyl (C=O) groups is 4. The number of nitrogens with zero attached hydrogens (tertiary/aromatic N) is 1. The normalized spacial score (nSPS) is 18.1. The van der Waals surface area contributed by atoms with Crippen molar-refractivity contribution in [1.29, 1.82) is 0 Å².